The molecule has 4 aromatic rings. The number of hydrogen-bond donors (Lipinski definition) is 2. The number of pyridine rings is 2. The zero-order chi connectivity index (χ0) is 28.6. The lowest BCUT2D eigenvalue weighted by Crippen LogP contribution is -2.21. The predicted molar refractivity (Wildman–Crippen MR) is 167 cm³/mol. The van der Waals surface area contributed by atoms with Gasteiger partial charge in [-0.05, 0) is 78.4 Å². The van der Waals surface area contributed by atoms with Gasteiger partial charge in [-0.25, -0.2) is 0 Å². The molecule has 2 heterocycles. The fraction of sp³-hybridized carbons (Fsp3) is 0.226. The molecule has 40 heavy (non-hydrogen) atoms. The number of carbonyl (C=O) groups is 2. The van der Waals surface area contributed by atoms with Crippen LogP contribution in [0.15, 0.2) is 85.2 Å². The van der Waals surface area contributed by atoms with E-state index >= 15 is 0 Å². The first-order valence-corrected chi connectivity index (χ1v) is 13.4. The Kier molecular flexibility index (Phi) is 16.2. The van der Waals surface area contributed by atoms with Crippen LogP contribution in [0.1, 0.15) is 50.7 Å². The Balaban J connectivity index is 0.000000324. The van der Waals surface area contributed by atoms with Gasteiger partial charge < -0.3 is 10.6 Å². The van der Waals surface area contributed by atoms with Crippen molar-refractivity contribution in [3.63, 3.8) is 0 Å². The van der Waals surface area contributed by atoms with Gasteiger partial charge in [-0.1, -0.05) is 67.0 Å². The number of amides is 2. The second-order valence-electron chi connectivity index (χ2n) is 8.23. The highest BCUT2D eigenvalue weighted by molar-refractivity contribution is 6.31. The molecule has 0 saturated carbocycles. The Hall–Kier alpha value is -3.45. The molecule has 2 aromatic heterocycles. The molecule has 0 atom stereocenters. The van der Waals surface area contributed by atoms with Crippen LogP contribution in [0.4, 0.5) is 0 Å². The fourth-order valence-corrected chi connectivity index (χ4v) is 3.99. The van der Waals surface area contributed by atoms with Crippen molar-refractivity contribution in [2.45, 2.75) is 33.1 Å². The van der Waals surface area contributed by atoms with Crippen LogP contribution in [-0.4, -0.2) is 35.9 Å². The Morgan fingerprint density at radius 2 is 1.25 bits per heavy atom. The third kappa shape index (κ3) is 11.7. The van der Waals surface area contributed by atoms with E-state index < -0.39 is 0 Å². The lowest BCUT2D eigenvalue weighted by atomic mass is 10.0. The average Bonchev–Trinajstić information content (AvgIpc) is 2.96. The smallest absolute Gasteiger partial charge is 0.269 e. The number of aromatic nitrogens is 2. The summed E-state index contributed by atoms with van der Waals surface area (Å²) in [6.45, 7) is 1.86. The number of nitrogens with one attached hydrogen (secondary N) is 2. The van der Waals surface area contributed by atoms with E-state index in [4.69, 9.17) is 34.8 Å². The number of rotatable bonds is 6. The zero-order valence-electron chi connectivity index (χ0n) is 22.0. The van der Waals surface area contributed by atoms with Crippen LogP contribution < -0.4 is 10.6 Å². The molecule has 0 aliphatic heterocycles. The van der Waals surface area contributed by atoms with Gasteiger partial charge in [-0.2, -0.15) is 0 Å². The first-order valence-electron chi connectivity index (χ1n) is 12.1. The molecule has 2 amide bonds. The minimum Gasteiger partial charge on any atom is -0.354 e. The zero-order valence-corrected chi connectivity index (χ0v) is 24.3. The van der Waals surface area contributed by atoms with Crippen molar-refractivity contribution >= 4 is 46.6 Å². The molecule has 0 spiro atoms. The molecular weight excluding hydrogens is 567 g/mol. The summed E-state index contributed by atoms with van der Waals surface area (Å²) in [4.78, 5) is 30.8. The van der Waals surface area contributed by atoms with E-state index in [2.05, 4.69) is 20.6 Å². The van der Waals surface area contributed by atoms with Gasteiger partial charge in [0.1, 0.15) is 11.4 Å². The first kappa shape index (κ1) is 34.6. The van der Waals surface area contributed by atoms with E-state index in [1.54, 1.807) is 26.5 Å². The van der Waals surface area contributed by atoms with Gasteiger partial charge in [0, 0.05) is 42.4 Å². The second kappa shape index (κ2) is 18.8. The van der Waals surface area contributed by atoms with Crippen LogP contribution >= 0.6 is 34.8 Å². The van der Waals surface area contributed by atoms with Crippen molar-refractivity contribution in [2.24, 2.45) is 0 Å². The largest absolute Gasteiger partial charge is 0.354 e. The molecule has 9 heteroatoms. The minimum absolute atomic E-state index is 0. The van der Waals surface area contributed by atoms with Crippen LogP contribution in [0.3, 0.4) is 0 Å². The fourth-order valence-electron chi connectivity index (χ4n) is 3.40. The molecule has 0 radical (unpaired) electrons. The highest BCUT2D eigenvalue weighted by Crippen LogP contribution is 2.15. The maximum absolute atomic E-state index is 11.7. The van der Waals surface area contributed by atoms with E-state index in [0.29, 0.717) is 17.3 Å². The molecule has 2 N–H and O–H groups in total. The third-order valence-corrected chi connectivity index (χ3v) is 6.18. The van der Waals surface area contributed by atoms with Crippen LogP contribution in [0.25, 0.3) is 0 Å². The Labute approximate surface area is 252 Å². The van der Waals surface area contributed by atoms with Gasteiger partial charge in [0.15, 0.2) is 0 Å². The van der Waals surface area contributed by atoms with Crippen molar-refractivity contribution in [3.05, 3.63) is 129 Å². The highest BCUT2D eigenvalue weighted by atomic mass is 35.5. The van der Waals surface area contributed by atoms with Crippen LogP contribution in [-0.2, 0) is 18.7 Å². The molecule has 6 nitrogen and oxygen atoms in total. The predicted octanol–water partition coefficient (Wildman–Crippen LogP) is 7.34. The summed E-state index contributed by atoms with van der Waals surface area (Å²) in [6, 6.07) is 22.7. The maximum atomic E-state index is 11.7. The molecule has 0 unspecified atom stereocenters. The molecule has 4 rings (SSSR count). The van der Waals surface area contributed by atoms with E-state index in [-0.39, 0.29) is 19.2 Å². The Morgan fingerprint density at radius 3 is 1.77 bits per heavy atom. The third-order valence-electron chi connectivity index (χ3n) is 5.40. The van der Waals surface area contributed by atoms with Crippen LogP contribution in [0, 0.1) is 6.92 Å². The first-order chi connectivity index (χ1) is 18.8. The number of aryl methyl sites for hydroxylation is 3. The van der Waals surface area contributed by atoms with Gasteiger partial charge in [0.2, 0.25) is 0 Å². The summed E-state index contributed by atoms with van der Waals surface area (Å²) in [5.74, 6) is 0.241. The molecular formula is C31H35Cl3N4O2. The molecule has 0 aliphatic rings. The van der Waals surface area contributed by atoms with Gasteiger partial charge in [-0.3, -0.25) is 19.6 Å². The van der Waals surface area contributed by atoms with Crippen LogP contribution in [0.2, 0.25) is 10.0 Å². The molecule has 0 aliphatic carbocycles. The van der Waals surface area contributed by atoms with Gasteiger partial charge in [-0.15, -0.1) is 11.6 Å². The molecule has 0 fully saturated rings. The van der Waals surface area contributed by atoms with Crippen molar-refractivity contribution < 1.29 is 9.59 Å². The summed E-state index contributed by atoms with van der Waals surface area (Å²) in [7, 11) is 3.20. The minimum atomic E-state index is -0.151. The van der Waals surface area contributed by atoms with Gasteiger partial charge in [0.05, 0.1) is 0 Å². The van der Waals surface area contributed by atoms with Crippen molar-refractivity contribution in [3.8, 4) is 0 Å². The summed E-state index contributed by atoms with van der Waals surface area (Å²) in [5.41, 5.74) is 5.04. The average molecular weight is 602 g/mol. The standard InChI is InChI=1S/C15H15ClN2O.C8H10N2O.C7H6Cl2.CH4/c1-17-15(19)14-12(5-3-9-18-14)8-7-11-4-2-6-13(16)10-11;1-6-4-3-5-10-7(6)8(11)9-2;8-5-6-2-1-3-7(9)4-6;/h2-6,9-10H,7-8H2,1H3,(H,17,19);3-5H,1-2H3,(H,9,11);1-4H,5H2;1H4. The maximum Gasteiger partial charge on any atom is 0.269 e. The second-order valence-corrected chi connectivity index (χ2v) is 9.37. The van der Waals surface area contributed by atoms with Crippen molar-refractivity contribution in [1.82, 2.24) is 20.6 Å². The Bertz CT molecular complexity index is 1370. The topological polar surface area (TPSA) is 84.0 Å². The molecule has 212 valence electrons. The van der Waals surface area contributed by atoms with E-state index in [0.717, 1.165) is 45.1 Å². The molecule has 0 bridgehead atoms. The quantitative estimate of drug-likeness (QED) is 0.226. The summed E-state index contributed by atoms with van der Waals surface area (Å²) >= 11 is 17.2. The SMILES string of the molecule is C.CNC(=O)c1ncccc1C.CNC(=O)c1ncccc1CCc1cccc(Cl)c1.ClCc1cccc(Cl)c1. The summed E-state index contributed by atoms with van der Waals surface area (Å²) in [6.07, 6.45) is 4.83. The highest BCUT2D eigenvalue weighted by Gasteiger charge is 2.10. The summed E-state index contributed by atoms with van der Waals surface area (Å²) in [5, 5.41) is 6.60. The van der Waals surface area contributed by atoms with Crippen molar-refractivity contribution in [2.75, 3.05) is 14.1 Å². The van der Waals surface area contributed by atoms with E-state index in [9.17, 15) is 9.59 Å². The van der Waals surface area contributed by atoms with E-state index in [1.165, 1.54) is 0 Å². The van der Waals surface area contributed by atoms with Gasteiger partial charge >= 0.3 is 0 Å². The lowest BCUT2D eigenvalue weighted by molar-refractivity contribution is 0.0949. The number of halogens is 3. The number of alkyl halides is 1. The number of benzene rings is 2. The Morgan fingerprint density at radius 1 is 0.725 bits per heavy atom. The monoisotopic (exact) mass is 600 g/mol. The molecule has 0 saturated heterocycles. The number of hydrogen-bond acceptors (Lipinski definition) is 4. The number of nitrogens with zero attached hydrogens (tertiary/aromatic N) is 2. The lowest BCUT2D eigenvalue weighted by Gasteiger charge is -2.07. The molecule has 2 aromatic carbocycles. The van der Waals surface area contributed by atoms with E-state index in [1.807, 2.05) is 79.7 Å². The van der Waals surface area contributed by atoms with Crippen LogP contribution in [0.5, 0.6) is 0 Å². The number of carbonyl (C=O) groups excluding carboxylic acids is 2. The van der Waals surface area contributed by atoms with Gasteiger partial charge in [0.25, 0.3) is 11.8 Å². The normalized spacial score (nSPS) is 9.55. The van der Waals surface area contributed by atoms with Crippen molar-refractivity contribution in [1.29, 1.82) is 0 Å². The summed E-state index contributed by atoms with van der Waals surface area (Å²) < 4.78 is 0.